The molecule has 2 N–H and O–H groups in total. The van der Waals surface area contributed by atoms with Crippen LogP contribution in [0.4, 0.5) is 5.69 Å². The Balaban J connectivity index is 1.62. The van der Waals surface area contributed by atoms with E-state index in [0.29, 0.717) is 16.5 Å². The highest BCUT2D eigenvalue weighted by Gasteiger charge is 2.20. The molecule has 0 spiro atoms. The number of anilines is 1. The summed E-state index contributed by atoms with van der Waals surface area (Å²) in [6.07, 6.45) is 0. The second-order valence-corrected chi connectivity index (χ2v) is 9.71. The van der Waals surface area contributed by atoms with Crippen molar-refractivity contribution >= 4 is 55.2 Å². The fourth-order valence-electron chi connectivity index (χ4n) is 3.12. The second kappa shape index (κ2) is 9.89. The molecule has 0 aliphatic carbocycles. The maximum atomic E-state index is 12.6. The van der Waals surface area contributed by atoms with Crippen LogP contribution in [0.1, 0.15) is 5.56 Å². The number of phenols is 1. The van der Waals surface area contributed by atoms with Gasteiger partial charge in [0.05, 0.1) is 11.3 Å². The van der Waals surface area contributed by atoms with Crippen molar-refractivity contribution < 1.29 is 9.90 Å². The number of benzene rings is 3. The zero-order chi connectivity index (χ0) is 22.7. The highest BCUT2D eigenvalue weighted by molar-refractivity contribution is 9.10. The molecule has 0 aliphatic rings. The molecule has 0 saturated carbocycles. The summed E-state index contributed by atoms with van der Waals surface area (Å²) in [7, 11) is 0. The summed E-state index contributed by atoms with van der Waals surface area (Å²) < 4.78 is 3.61. The number of nitrogens with zero attached hydrogens (tertiary/aromatic N) is 3. The lowest BCUT2D eigenvalue weighted by atomic mass is 10.2. The Morgan fingerprint density at radius 1 is 1.03 bits per heavy atom. The minimum Gasteiger partial charge on any atom is -0.507 e. The zero-order valence-electron chi connectivity index (χ0n) is 16.9. The van der Waals surface area contributed by atoms with Gasteiger partial charge in [-0.3, -0.25) is 9.36 Å². The Bertz CT molecular complexity index is 1280. The number of phenolic OH excluding ortho intramolecular Hbond substituents is 1. The molecule has 4 rings (SSSR count). The molecule has 0 radical (unpaired) electrons. The number of para-hydroxylation sites is 1. The van der Waals surface area contributed by atoms with E-state index in [2.05, 4.69) is 47.4 Å². The van der Waals surface area contributed by atoms with E-state index in [4.69, 9.17) is 0 Å². The van der Waals surface area contributed by atoms with Crippen LogP contribution in [0.3, 0.4) is 0 Å². The smallest absolute Gasteiger partial charge is 0.234 e. The van der Waals surface area contributed by atoms with Crippen molar-refractivity contribution in [3.63, 3.8) is 0 Å². The number of hydrogen-bond donors (Lipinski definition) is 2. The van der Waals surface area contributed by atoms with Gasteiger partial charge in [0.25, 0.3) is 0 Å². The number of hydrogen-bond acceptors (Lipinski definition) is 5. The third-order valence-corrected chi connectivity index (χ3v) is 6.56. The Morgan fingerprint density at radius 2 is 1.75 bits per heavy atom. The highest BCUT2D eigenvalue weighted by atomic mass is 79.9. The molecule has 6 nitrogen and oxygen atoms in total. The van der Waals surface area contributed by atoms with E-state index < -0.39 is 0 Å². The van der Waals surface area contributed by atoms with E-state index in [0.717, 1.165) is 25.9 Å². The Hall–Kier alpha value is -2.62. The first-order chi connectivity index (χ1) is 15.4. The van der Waals surface area contributed by atoms with Crippen molar-refractivity contribution in [3.8, 4) is 22.8 Å². The topological polar surface area (TPSA) is 80.0 Å². The van der Waals surface area contributed by atoms with Crippen molar-refractivity contribution in [1.82, 2.24) is 14.8 Å². The van der Waals surface area contributed by atoms with Crippen LogP contribution in [0, 0.1) is 6.92 Å². The lowest BCUT2D eigenvalue weighted by molar-refractivity contribution is -0.113. The summed E-state index contributed by atoms with van der Waals surface area (Å²) >= 11 is 8.15. The van der Waals surface area contributed by atoms with Gasteiger partial charge in [0.15, 0.2) is 11.0 Å². The van der Waals surface area contributed by atoms with Crippen molar-refractivity contribution in [2.75, 3.05) is 11.1 Å². The molecule has 0 saturated heterocycles. The molecule has 0 aliphatic heterocycles. The minimum absolute atomic E-state index is 0.0952. The van der Waals surface area contributed by atoms with Crippen molar-refractivity contribution in [2.24, 2.45) is 0 Å². The highest BCUT2D eigenvalue weighted by Crippen LogP contribution is 2.34. The van der Waals surface area contributed by atoms with Gasteiger partial charge in [-0.15, -0.1) is 10.2 Å². The summed E-state index contributed by atoms with van der Waals surface area (Å²) in [5.74, 6) is 0.597. The number of halogens is 2. The molecule has 1 aromatic heterocycles. The quantitative estimate of drug-likeness (QED) is 0.268. The lowest BCUT2D eigenvalue weighted by Gasteiger charge is -2.12. The summed E-state index contributed by atoms with van der Waals surface area (Å²) in [6.45, 7) is 1.94. The van der Waals surface area contributed by atoms with E-state index in [-0.39, 0.29) is 17.4 Å². The summed E-state index contributed by atoms with van der Waals surface area (Å²) in [6, 6.07) is 20.5. The zero-order valence-corrected chi connectivity index (χ0v) is 20.9. The molecule has 0 bridgehead atoms. The number of aromatic hydroxyl groups is 1. The predicted octanol–water partition coefficient (Wildman–Crippen LogP) is 6.20. The number of amides is 1. The van der Waals surface area contributed by atoms with Crippen molar-refractivity contribution in [3.05, 3.63) is 81.2 Å². The number of carbonyl (C=O) groups is 1. The van der Waals surface area contributed by atoms with Gasteiger partial charge < -0.3 is 10.4 Å². The maximum absolute atomic E-state index is 12.6. The van der Waals surface area contributed by atoms with Gasteiger partial charge >= 0.3 is 0 Å². The monoisotopic (exact) mass is 572 g/mol. The average molecular weight is 574 g/mol. The molecule has 162 valence electrons. The van der Waals surface area contributed by atoms with Gasteiger partial charge in [-0.1, -0.05) is 61.8 Å². The largest absolute Gasteiger partial charge is 0.507 e. The summed E-state index contributed by atoms with van der Waals surface area (Å²) in [5, 5.41) is 22.5. The Kier molecular flexibility index (Phi) is 6.98. The fraction of sp³-hybridized carbons (Fsp3) is 0.0870. The maximum Gasteiger partial charge on any atom is 0.234 e. The number of rotatable bonds is 6. The number of aromatic nitrogens is 3. The SMILES string of the molecule is Cc1cc(Br)ccc1NC(=O)CSc1nnc(-c2cc(Br)ccc2O)n1-c1ccccc1. The van der Waals surface area contributed by atoms with E-state index in [9.17, 15) is 9.90 Å². The number of aryl methyl sites for hydroxylation is 1. The molecule has 1 heterocycles. The number of nitrogens with one attached hydrogen (secondary N) is 1. The number of thioether (sulfide) groups is 1. The third-order valence-electron chi connectivity index (χ3n) is 4.64. The van der Waals surface area contributed by atoms with Gasteiger partial charge in [0.2, 0.25) is 5.91 Å². The van der Waals surface area contributed by atoms with E-state index in [1.165, 1.54) is 11.8 Å². The molecule has 32 heavy (non-hydrogen) atoms. The van der Waals surface area contributed by atoms with Crippen molar-refractivity contribution in [1.29, 1.82) is 0 Å². The van der Waals surface area contributed by atoms with Crippen LogP contribution in [-0.4, -0.2) is 31.5 Å². The molecule has 1 amide bonds. The molecule has 3 aromatic carbocycles. The molecule has 0 fully saturated rings. The molecule has 0 unspecified atom stereocenters. The van der Waals surface area contributed by atoms with Gasteiger partial charge in [-0.25, -0.2) is 0 Å². The second-order valence-electron chi connectivity index (χ2n) is 6.93. The molecular formula is C23H18Br2N4O2S. The average Bonchev–Trinajstić information content (AvgIpc) is 3.20. The fourth-order valence-corrected chi connectivity index (χ4v) is 4.71. The van der Waals surface area contributed by atoms with Gasteiger partial charge in [-0.05, 0) is 61.0 Å². The van der Waals surface area contributed by atoms with Gasteiger partial charge in [-0.2, -0.15) is 0 Å². The van der Waals surface area contributed by atoms with Crippen LogP contribution in [0.25, 0.3) is 17.1 Å². The van der Waals surface area contributed by atoms with E-state index >= 15 is 0 Å². The first-order valence-electron chi connectivity index (χ1n) is 9.61. The normalized spacial score (nSPS) is 10.8. The Labute approximate surface area is 206 Å². The minimum atomic E-state index is -0.144. The van der Waals surface area contributed by atoms with Crippen LogP contribution >= 0.6 is 43.6 Å². The molecule has 4 aromatic rings. The third kappa shape index (κ3) is 5.06. The first kappa shape index (κ1) is 22.6. The van der Waals surface area contributed by atoms with Gasteiger partial charge in [0.1, 0.15) is 5.75 Å². The van der Waals surface area contributed by atoms with E-state index in [1.807, 2.05) is 60.0 Å². The summed E-state index contributed by atoms with van der Waals surface area (Å²) in [4.78, 5) is 12.6. The standard InChI is InChI=1S/C23H18Br2N4O2S/c1-14-11-15(24)7-9-19(14)26-21(31)13-32-23-28-27-22(18-12-16(25)8-10-20(18)30)29(23)17-5-3-2-4-6-17/h2-12,30H,13H2,1H3,(H,26,31). The number of carbonyl (C=O) groups excluding carboxylic acids is 1. The Morgan fingerprint density at radius 3 is 2.50 bits per heavy atom. The molecule has 9 heteroatoms. The first-order valence-corrected chi connectivity index (χ1v) is 12.2. The lowest BCUT2D eigenvalue weighted by Crippen LogP contribution is -2.15. The molecular weight excluding hydrogens is 556 g/mol. The van der Waals surface area contributed by atoms with Gasteiger partial charge in [0, 0.05) is 20.3 Å². The van der Waals surface area contributed by atoms with Crippen LogP contribution in [-0.2, 0) is 4.79 Å². The van der Waals surface area contributed by atoms with E-state index in [1.54, 1.807) is 18.2 Å². The molecule has 0 atom stereocenters. The van der Waals surface area contributed by atoms with Crippen LogP contribution in [0.2, 0.25) is 0 Å². The van der Waals surface area contributed by atoms with Crippen molar-refractivity contribution in [2.45, 2.75) is 12.1 Å². The van der Waals surface area contributed by atoms with Crippen LogP contribution < -0.4 is 5.32 Å². The summed E-state index contributed by atoms with van der Waals surface area (Å²) in [5.41, 5.74) is 3.11. The predicted molar refractivity (Wildman–Crippen MR) is 134 cm³/mol. The van der Waals surface area contributed by atoms with Crippen LogP contribution in [0.15, 0.2) is 80.8 Å². The van der Waals surface area contributed by atoms with Crippen LogP contribution in [0.5, 0.6) is 5.75 Å².